The monoisotopic (exact) mass is 367 g/mol. The Morgan fingerprint density at radius 2 is 2.00 bits per heavy atom. The van der Waals surface area contributed by atoms with E-state index < -0.39 is 6.04 Å². The second kappa shape index (κ2) is 7.47. The third kappa shape index (κ3) is 3.56. The first-order valence-corrected chi connectivity index (χ1v) is 9.57. The van der Waals surface area contributed by atoms with Crippen molar-refractivity contribution in [2.45, 2.75) is 38.1 Å². The lowest BCUT2D eigenvalue weighted by atomic mass is 9.96. The molecule has 0 fully saturated rings. The van der Waals surface area contributed by atoms with Crippen LogP contribution in [0.2, 0.25) is 0 Å². The summed E-state index contributed by atoms with van der Waals surface area (Å²) in [5, 5.41) is 5.72. The van der Waals surface area contributed by atoms with E-state index in [1.54, 1.807) is 7.11 Å². The number of allylic oxidation sites excluding steroid dienone is 1. The van der Waals surface area contributed by atoms with Gasteiger partial charge in [0.2, 0.25) is 0 Å². The number of hydrogen-bond donors (Lipinski definition) is 2. The van der Waals surface area contributed by atoms with Crippen LogP contribution in [-0.2, 0) is 4.79 Å². The molecule has 0 saturated carbocycles. The summed E-state index contributed by atoms with van der Waals surface area (Å²) in [6.45, 7) is 1.17. The Kier molecular flexibility index (Phi) is 4.88. The van der Waals surface area contributed by atoms with Gasteiger partial charge in [-0.05, 0) is 49.8 Å². The quantitative estimate of drug-likeness (QED) is 0.786. The number of benzene rings is 1. The molecule has 3 amide bonds. The second-order valence-electron chi connectivity index (χ2n) is 7.28. The Bertz CT molecular complexity index is 810. The van der Waals surface area contributed by atoms with Crippen LogP contribution in [0.4, 0.5) is 4.79 Å². The van der Waals surface area contributed by atoms with Gasteiger partial charge in [0, 0.05) is 6.54 Å². The molecule has 2 N–H and O–H groups in total. The van der Waals surface area contributed by atoms with E-state index in [-0.39, 0.29) is 11.9 Å². The number of carbonyl (C=O) groups is 2. The SMILES string of the molecule is COc1ccc([C@H]2NC(=O)NC3=C2C(=O)N(CCC2=CCCCC2)C3)cc1. The van der Waals surface area contributed by atoms with Crippen molar-refractivity contribution in [2.75, 3.05) is 20.2 Å². The molecule has 2 heterocycles. The number of nitrogens with one attached hydrogen (secondary N) is 2. The maximum atomic E-state index is 13.1. The van der Waals surface area contributed by atoms with E-state index in [4.69, 9.17) is 4.74 Å². The molecule has 27 heavy (non-hydrogen) atoms. The molecule has 0 unspecified atom stereocenters. The van der Waals surface area contributed by atoms with Crippen molar-refractivity contribution in [1.82, 2.24) is 15.5 Å². The molecule has 142 valence electrons. The summed E-state index contributed by atoms with van der Waals surface area (Å²) in [7, 11) is 1.61. The van der Waals surface area contributed by atoms with Crippen LogP contribution >= 0.6 is 0 Å². The molecule has 0 bridgehead atoms. The van der Waals surface area contributed by atoms with Crippen molar-refractivity contribution in [3.05, 3.63) is 52.7 Å². The van der Waals surface area contributed by atoms with Gasteiger partial charge in [0.25, 0.3) is 5.91 Å². The largest absolute Gasteiger partial charge is 0.497 e. The van der Waals surface area contributed by atoms with Crippen molar-refractivity contribution in [3.8, 4) is 5.75 Å². The van der Waals surface area contributed by atoms with Gasteiger partial charge in [-0.1, -0.05) is 23.8 Å². The van der Waals surface area contributed by atoms with Gasteiger partial charge < -0.3 is 20.3 Å². The number of amides is 3. The number of hydrogen-bond acceptors (Lipinski definition) is 3. The Hall–Kier alpha value is -2.76. The van der Waals surface area contributed by atoms with Gasteiger partial charge in [0.05, 0.1) is 31.0 Å². The van der Waals surface area contributed by atoms with Crippen LogP contribution in [0.25, 0.3) is 0 Å². The average molecular weight is 367 g/mol. The van der Waals surface area contributed by atoms with Gasteiger partial charge >= 0.3 is 6.03 Å². The lowest BCUT2D eigenvalue weighted by Crippen LogP contribution is -2.44. The Morgan fingerprint density at radius 3 is 2.70 bits per heavy atom. The zero-order valence-corrected chi connectivity index (χ0v) is 15.6. The van der Waals surface area contributed by atoms with Gasteiger partial charge in [-0.25, -0.2) is 4.79 Å². The molecular weight excluding hydrogens is 342 g/mol. The summed E-state index contributed by atoms with van der Waals surface area (Å²) < 4.78 is 5.20. The molecule has 1 atom stereocenters. The molecular formula is C21H25N3O3. The van der Waals surface area contributed by atoms with E-state index in [9.17, 15) is 9.59 Å². The fraction of sp³-hybridized carbons (Fsp3) is 0.429. The highest BCUT2D eigenvalue weighted by atomic mass is 16.5. The minimum atomic E-state index is -0.425. The summed E-state index contributed by atoms with van der Waals surface area (Å²) in [4.78, 5) is 27.0. The number of nitrogens with zero attached hydrogens (tertiary/aromatic N) is 1. The van der Waals surface area contributed by atoms with Crippen molar-refractivity contribution >= 4 is 11.9 Å². The van der Waals surface area contributed by atoms with Crippen molar-refractivity contribution in [2.24, 2.45) is 0 Å². The highest BCUT2D eigenvalue weighted by Gasteiger charge is 2.40. The molecule has 0 aromatic heterocycles. The summed E-state index contributed by atoms with van der Waals surface area (Å²) in [5.74, 6) is 0.753. The molecule has 0 saturated heterocycles. The maximum absolute atomic E-state index is 13.1. The van der Waals surface area contributed by atoms with Gasteiger partial charge in [0.1, 0.15) is 5.75 Å². The number of ether oxygens (including phenoxy) is 1. The first kappa shape index (κ1) is 17.6. The molecule has 6 nitrogen and oxygen atoms in total. The smallest absolute Gasteiger partial charge is 0.319 e. The van der Waals surface area contributed by atoms with E-state index in [0.717, 1.165) is 36.3 Å². The number of methoxy groups -OCH3 is 1. The summed E-state index contributed by atoms with van der Waals surface area (Å²) in [6.07, 6.45) is 8.04. The molecule has 1 aliphatic carbocycles. The minimum absolute atomic E-state index is 0.00901. The average Bonchev–Trinajstić information content (AvgIpc) is 3.02. The highest BCUT2D eigenvalue weighted by molar-refractivity contribution is 6.01. The van der Waals surface area contributed by atoms with Crippen LogP contribution in [0.3, 0.4) is 0 Å². The lowest BCUT2D eigenvalue weighted by molar-refractivity contribution is -0.125. The van der Waals surface area contributed by atoms with Crippen molar-refractivity contribution < 1.29 is 14.3 Å². The standard InChI is InChI=1S/C21H25N3O3/c1-27-16-9-7-15(8-10-16)19-18-17(22-21(26)23-19)13-24(20(18)25)12-11-14-5-3-2-4-6-14/h5,7-10,19H,2-4,6,11-13H2,1H3,(H2,22,23,26)/t19-/m1/s1. The number of carbonyl (C=O) groups excluding carboxylic acids is 2. The third-order valence-corrected chi connectivity index (χ3v) is 5.56. The second-order valence-corrected chi connectivity index (χ2v) is 7.28. The first-order valence-electron chi connectivity index (χ1n) is 9.57. The molecule has 6 heteroatoms. The minimum Gasteiger partial charge on any atom is -0.497 e. The predicted octanol–water partition coefficient (Wildman–Crippen LogP) is 3.04. The fourth-order valence-electron chi connectivity index (χ4n) is 4.07. The van der Waals surface area contributed by atoms with Gasteiger partial charge in [-0.3, -0.25) is 4.79 Å². The summed E-state index contributed by atoms with van der Waals surface area (Å²) in [5.41, 5.74) is 3.70. The topological polar surface area (TPSA) is 70.7 Å². The Labute approximate surface area is 159 Å². The van der Waals surface area contributed by atoms with Crippen molar-refractivity contribution in [1.29, 1.82) is 0 Å². The number of rotatable bonds is 5. The summed E-state index contributed by atoms with van der Waals surface area (Å²) in [6, 6.07) is 6.78. The molecule has 1 aromatic carbocycles. The van der Waals surface area contributed by atoms with Crippen LogP contribution < -0.4 is 15.4 Å². The molecule has 0 radical (unpaired) electrons. The van der Waals surface area contributed by atoms with E-state index in [2.05, 4.69) is 16.7 Å². The highest BCUT2D eigenvalue weighted by Crippen LogP contribution is 2.33. The van der Waals surface area contributed by atoms with Gasteiger partial charge in [0.15, 0.2) is 0 Å². The Balaban J connectivity index is 1.51. The third-order valence-electron chi connectivity index (χ3n) is 5.56. The zero-order chi connectivity index (χ0) is 18.8. The van der Waals surface area contributed by atoms with Crippen LogP contribution in [0.1, 0.15) is 43.7 Å². The number of urea groups is 1. The molecule has 4 rings (SSSR count). The van der Waals surface area contributed by atoms with E-state index >= 15 is 0 Å². The predicted molar refractivity (Wildman–Crippen MR) is 102 cm³/mol. The van der Waals surface area contributed by atoms with Crippen molar-refractivity contribution in [3.63, 3.8) is 0 Å². The van der Waals surface area contributed by atoms with Gasteiger partial charge in [-0.2, -0.15) is 0 Å². The molecule has 1 aromatic rings. The zero-order valence-electron chi connectivity index (χ0n) is 15.6. The maximum Gasteiger partial charge on any atom is 0.319 e. The van der Waals surface area contributed by atoms with E-state index in [1.165, 1.54) is 18.4 Å². The summed E-state index contributed by atoms with van der Waals surface area (Å²) >= 11 is 0. The molecule has 3 aliphatic rings. The van der Waals surface area contributed by atoms with Gasteiger partial charge in [-0.15, -0.1) is 0 Å². The van der Waals surface area contributed by atoms with Crippen LogP contribution in [0, 0.1) is 0 Å². The van der Waals surface area contributed by atoms with E-state index in [1.807, 2.05) is 29.2 Å². The van der Waals surface area contributed by atoms with Crippen LogP contribution in [0.15, 0.2) is 47.2 Å². The van der Waals surface area contributed by atoms with Crippen LogP contribution in [0.5, 0.6) is 5.75 Å². The fourth-order valence-corrected chi connectivity index (χ4v) is 4.07. The lowest BCUT2D eigenvalue weighted by Gasteiger charge is -2.25. The molecule has 2 aliphatic heterocycles. The Morgan fingerprint density at radius 1 is 1.19 bits per heavy atom. The molecule has 0 spiro atoms. The first-order chi connectivity index (χ1) is 13.2. The normalized spacial score (nSPS) is 22.2. The van der Waals surface area contributed by atoms with E-state index in [0.29, 0.717) is 18.7 Å². The van der Waals surface area contributed by atoms with Crippen LogP contribution in [-0.4, -0.2) is 37.0 Å².